The molecule has 0 amide bonds. The maximum absolute atomic E-state index is 6.23. The Morgan fingerprint density at radius 1 is 1.24 bits per heavy atom. The topological polar surface area (TPSA) is 12.0 Å². The van der Waals surface area contributed by atoms with Gasteiger partial charge in [0.1, 0.15) is 0 Å². The Kier molecular flexibility index (Phi) is 3.51. The zero-order chi connectivity index (χ0) is 12.6. The van der Waals surface area contributed by atoms with Gasteiger partial charge in [-0.2, -0.15) is 0 Å². The lowest BCUT2D eigenvalue weighted by molar-refractivity contribution is 0.115. The van der Waals surface area contributed by atoms with E-state index in [1.807, 2.05) is 0 Å². The van der Waals surface area contributed by atoms with Crippen LogP contribution in [0.5, 0.6) is 0 Å². The van der Waals surface area contributed by atoms with E-state index >= 15 is 0 Å². The molecule has 1 aromatic rings. The first kappa shape index (κ1) is 12.9. The van der Waals surface area contributed by atoms with E-state index in [1.165, 1.54) is 16.7 Å². The monoisotopic (exact) mass is 251 g/mol. The van der Waals surface area contributed by atoms with Crippen molar-refractivity contribution in [3.63, 3.8) is 0 Å². The van der Waals surface area contributed by atoms with Crippen molar-refractivity contribution in [3.8, 4) is 0 Å². The number of benzene rings is 1. The van der Waals surface area contributed by atoms with Gasteiger partial charge in [0.25, 0.3) is 0 Å². The van der Waals surface area contributed by atoms with Gasteiger partial charge in [0.2, 0.25) is 0 Å². The van der Waals surface area contributed by atoms with Gasteiger partial charge in [-0.05, 0) is 31.2 Å². The van der Waals surface area contributed by atoms with Crippen LogP contribution < -0.4 is 5.32 Å². The smallest absolute Gasteiger partial charge is 0.0416 e. The van der Waals surface area contributed by atoms with Crippen molar-refractivity contribution in [2.45, 2.75) is 52.1 Å². The number of alkyl halides is 1. The molecule has 1 saturated carbocycles. The van der Waals surface area contributed by atoms with Crippen LogP contribution in [0.25, 0.3) is 0 Å². The summed E-state index contributed by atoms with van der Waals surface area (Å²) in [5.41, 5.74) is 4.27. The average molecular weight is 252 g/mol. The van der Waals surface area contributed by atoms with Crippen molar-refractivity contribution in [2.75, 3.05) is 0 Å². The number of hydrogen-bond donors (Lipinski definition) is 1. The Hall–Kier alpha value is -0.530. The van der Waals surface area contributed by atoms with Crippen LogP contribution in [0.3, 0.4) is 0 Å². The van der Waals surface area contributed by atoms with Crippen LogP contribution in [0, 0.1) is 19.3 Å². The van der Waals surface area contributed by atoms with Gasteiger partial charge in [-0.15, -0.1) is 11.6 Å². The van der Waals surface area contributed by atoms with Crippen molar-refractivity contribution >= 4 is 11.6 Å². The van der Waals surface area contributed by atoms with Crippen LogP contribution >= 0.6 is 11.6 Å². The molecule has 0 bridgehead atoms. The highest BCUT2D eigenvalue weighted by atomic mass is 35.5. The van der Waals surface area contributed by atoms with E-state index in [1.54, 1.807) is 0 Å². The maximum Gasteiger partial charge on any atom is 0.0416 e. The minimum atomic E-state index is 0.223. The molecule has 94 valence electrons. The van der Waals surface area contributed by atoms with Crippen LogP contribution in [0.15, 0.2) is 18.2 Å². The third-order valence-electron chi connectivity index (χ3n) is 3.98. The van der Waals surface area contributed by atoms with Gasteiger partial charge in [-0.3, -0.25) is 0 Å². The van der Waals surface area contributed by atoms with E-state index in [4.69, 9.17) is 11.6 Å². The number of aryl methyl sites for hydroxylation is 2. The van der Waals surface area contributed by atoms with Crippen molar-refractivity contribution < 1.29 is 0 Å². The molecule has 2 rings (SSSR count). The highest BCUT2D eigenvalue weighted by Gasteiger charge is 2.46. The van der Waals surface area contributed by atoms with Gasteiger partial charge in [-0.25, -0.2) is 0 Å². The molecule has 0 aliphatic heterocycles. The van der Waals surface area contributed by atoms with Gasteiger partial charge in [0, 0.05) is 18.0 Å². The van der Waals surface area contributed by atoms with Gasteiger partial charge in [-0.1, -0.05) is 43.2 Å². The molecule has 1 fully saturated rings. The molecule has 2 unspecified atom stereocenters. The lowest BCUT2D eigenvalue weighted by Gasteiger charge is -2.49. The first-order chi connectivity index (χ1) is 7.89. The maximum atomic E-state index is 6.23. The molecule has 1 N–H and O–H groups in total. The molecule has 1 aromatic carbocycles. The summed E-state index contributed by atoms with van der Waals surface area (Å²) in [6.07, 6.45) is 1.08. The van der Waals surface area contributed by atoms with Gasteiger partial charge in [0.15, 0.2) is 0 Å². The fourth-order valence-electron chi connectivity index (χ4n) is 2.63. The molecule has 1 aliphatic carbocycles. The van der Waals surface area contributed by atoms with Gasteiger partial charge in [0.05, 0.1) is 0 Å². The Balaban J connectivity index is 1.95. The quantitative estimate of drug-likeness (QED) is 0.806. The minimum Gasteiger partial charge on any atom is -0.309 e. The second kappa shape index (κ2) is 4.62. The molecule has 0 spiro atoms. The SMILES string of the molecule is Cc1cc(C)cc(CNC2CC(Cl)C2(C)C)c1. The summed E-state index contributed by atoms with van der Waals surface area (Å²) in [5, 5.41) is 3.94. The molecule has 0 aromatic heterocycles. The van der Waals surface area contributed by atoms with E-state index in [-0.39, 0.29) is 5.41 Å². The van der Waals surface area contributed by atoms with Crippen molar-refractivity contribution in [1.82, 2.24) is 5.32 Å². The van der Waals surface area contributed by atoms with E-state index < -0.39 is 0 Å². The Morgan fingerprint density at radius 3 is 2.29 bits per heavy atom. The first-order valence-corrected chi connectivity index (χ1v) is 6.78. The van der Waals surface area contributed by atoms with E-state index in [0.29, 0.717) is 11.4 Å². The van der Waals surface area contributed by atoms with Crippen LogP contribution in [-0.2, 0) is 6.54 Å². The second-order valence-corrected chi connectivity index (χ2v) is 6.48. The Labute approximate surface area is 110 Å². The largest absolute Gasteiger partial charge is 0.309 e. The normalized spacial score (nSPS) is 26.6. The zero-order valence-electron chi connectivity index (χ0n) is 11.2. The summed E-state index contributed by atoms with van der Waals surface area (Å²) in [4.78, 5) is 0. The van der Waals surface area contributed by atoms with Crippen molar-refractivity contribution in [2.24, 2.45) is 5.41 Å². The lowest BCUT2D eigenvalue weighted by atomic mass is 9.67. The molecule has 17 heavy (non-hydrogen) atoms. The zero-order valence-corrected chi connectivity index (χ0v) is 11.9. The predicted molar refractivity (Wildman–Crippen MR) is 74.6 cm³/mol. The van der Waals surface area contributed by atoms with Crippen LogP contribution in [0.2, 0.25) is 0 Å². The fraction of sp³-hybridized carbons (Fsp3) is 0.600. The summed E-state index contributed by atoms with van der Waals surface area (Å²) in [7, 11) is 0. The predicted octanol–water partition coefficient (Wildman–Crippen LogP) is 3.80. The molecular formula is C15H22ClN. The molecule has 0 heterocycles. The summed E-state index contributed by atoms with van der Waals surface area (Å²) in [6.45, 7) is 9.73. The summed E-state index contributed by atoms with van der Waals surface area (Å²) < 4.78 is 0. The highest BCUT2D eigenvalue weighted by molar-refractivity contribution is 6.21. The van der Waals surface area contributed by atoms with Gasteiger partial charge >= 0.3 is 0 Å². The van der Waals surface area contributed by atoms with E-state index in [9.17, 15) is 0 Å². The fourth-order valence-corrected chi connectivity index (χ4v) is 2.96. The molecule has 0 radical (unpaired) electrons. The Bertz CT molecular complexity index is 391. The highest BCUT2D eigenvalue weighted by Crippen LogP contribution is 2.44. The molecule has 2 heteroatoms. The van der Waals surface area contributed by atoms with Gasteiger partial charge < -0.3 is 5.32 Å². The lowest BCUT2D eigenvalue weighted by Crippen LogP contribution is -2.57. The molecule has 1 aliphatic rings. The van der Waals surface area contributed by atoms with Crippen molar-refractivity contribution in [3.05, 3.63) is 34.9 Å². The summed E-state index contributed by atoms with van der Waals surface area (Å²) in [6, 6.07) is 7.27. The Morgan fingerprint density at radius 2 is 1.82 bits per heavy atom. The van der Waals surface area contributed by atoms with E-state index in [2.05, 4.69) is 51.2 Å². The summed E-state index contributed by atoms with van der Waals surface area (Å²) >= 11 is 6.23. The first-order valence-electron chi connectivity index (χ1n) is 6.34. The minimum absolute atomic E-state index is 0.223. The standard InChI is InChI=1S/C15H22ClN/c1-10-5-11(2)7-12(6-10)9-17-14-8-13(16)15(14,3)4/h5-7,13-14,17H,8-9H2,1-4H3. The number of rotatable bonds is 3. The molecule has 2 atom stereocenters. The second-order valence-electron chi connectivity index (χ2n) is 5.95. The van der Waals surface area contributed by atoms with Crippen LogP contribution in [-0.4, -0.2) is 11.4 Å². The molecule has 1 nitrogen and oxygen atoms in total. The van der Waals surface area contributed by atoms with Crippen molar-refractivity contribution in [1.29, 1.82) is 0 Å². The third kappa shape index (κ3) is 2.66. The van der Waals surface area contributed by atoms with Crippen LogP contribution in [0.1, 0.15) is 37.0 Å². The van der Waals surface area contributed by atoms with E-state index in [0.717, 1.165) is 13.0 Å². The number of nitrogens with one attached hydrogen (secondary N) is 1. The van der Waals surface area contributed by atoms with Crippen LogP contribution in [0.4, 0.5) is 0 Å². The average Bonchev–Trinajstić information content (AvgIpc) is 2.22. The third-order valence-corrected chi connectivity index (χ3v) is 4.72. The molecular weight excluding hydrogens is 230 g/mol. The molecule has 0 saturated heterocycles. The number of hydrogen-bond acceptors (Lipinski definition) is 1. The number of halogens is 1. The summed E-state index contributed by atoms with van der Waals surface area (Å²) in [5.74, 6) is 0.